The van der Waals surface area contributed by atoms with Gasteiger partial charge in [0.15, 0.2) is 0 Å². The quantitative estimate of drug-likeness (QED) is 0.841. The second kappa shape index (κ2) is 7.72. The molecule has 0 aliphatic carbocycles. The zero-order valence-electron chi connectivity index (χ0n) is 13.0. The van der Waals surface area contributed by atoms with Gasteiger partial charge in [0.25, 0.3) is 0 Å². The highest BCUT2D eigenvalue weighted by atomic mass is 16.5. The van der Waals surface area contributed by atoms with E-state index in [-0.39, 0.29) is 12.0 Å². The maximum atomic E-state index is 12.1. The van der Waals surface area contributed by atoms with Gasteiger partial charge in [-0.2, -0.15) is 0 Å². The number of piperazine rings is 1. The van der Waals surface area contributed by atoms with Gasteiger partial charge in [-0.1, -0.05) is 24.3 Å². The average Bonchev–Trinajstić information content (AvgIpc) is 2.56. The number of nitrogens with one attached hydrogen (secondary N) is 2. The topological polar surface area (TPSA) is 53.6 Å². The van der Waals surface area contributed by atoms with Crippen LogP contribution in [0.15, 0.2) is 24.3 Å². The van der Waals surface area contributed by atoms with E-state index in [1.165, 1.54) is 11.1 Å². The van der Waals surface area contributed by atoms with Crippen LogP contribution in [-0.2, 0) is 16.0 Å². The van der Waals surface area contributed by atoms with E-state index in [1.807, 2.05) is 6.07 Å². The molecule has 1 fully saturated rings. The highest BCUT2D eigenvalue weighted by Crippen LogP contribution is 2.29. The highest BCUT2D eigenvalue weighted by Gasteiger charge is 2.22. The SMILES string of the molecule is O=C(CC1OCCc2ccccc21)NCCN1CCNCC1. The van der Waals surface area contributed by atoms with Gasteiger partial charge >= 0.3 is 0 Å². The van der Waals surface area contributed by atoms with Crippen LogP contribution in [0.2, 0.25) is 0 Å². The lowest BCUT2D eigenvalue weighted by Gasteiger charge is -2.28. The molecular formula is C17H25N3O2. The molecule has 1 atom stereocenters. The maximum absolute atomic E-state index is 12.1. The average molecular weight is 303 g/mol. The van der Waals surface area contributed by atoms with Gasteiger partial charge in [-0.25, -0.2) is 0 Å². The summed E-state index contributed by atoms with van der Waals surface area (Å²) in [6, 6.07) is 8.28. The number of rotatable bonds is 5. The summed E-state index contributed by atoms with van der Waals surface area (Å²) >= 11 is 0. The Morgan fingerprint density at radius 3 is 3.00 bits per heavy atom. The highest BCUT2D eigenvalue weighted by molar-refractivity contribution is 5.76. The number of benzene rings is 1. The van der Waals surface area contributed by atoms with Crippen LogP contribution < -0.4 is 10.6 Å². The number of amides is 1. The standard InChI is InChI=1S/C17H25N3O2/c21-17(19-8-11-20-9-6-18-7-10-20)13-16-15-4-2-1-3-14(15)5-12-22-16/h1-4,16,18H,5-13H2,(H,19,21). The van der Waals surface area contributed by atoms with Gasteiger partial charge < -0.3 is 15.4 Å². The Morgan fingerprint density at radius 1 is 1.32 bits per heavy atom. The molecule has 2 aliphatic rings. The van der Waals surface area contributed by atoms with E-state index in [0.29, 0.717) is 19.6 Å². The molecule has 0 bridgehead atoms. The van der Waals surface area contributed by atoms with Crippen molar-refractivity contribution in [1.29, 1.82) is 0 Å². The van der Waals surface area contributed by atoms with Crippen molar-refractivity contribution in [3.05, 3.63) is 35.4 Å². The Hall–Kier alpha value is -1.43. The zero-order chi connectivity index (χ0) is 15.2. The molecule has 0 saturated carbocycles. The maximum Gasteiger partial charge on any atom is 0.223 e. The van der Waals surface area contributed by atoms with Crippen LogP contribution >= 0.6 is 0 Å². The summed E-state index contributed by atoms with van der Waals surface area (Å²) in [5.41, 5.74) is 2.48. The number of fused-ring (bicyclic) bond motifs is 1. The van der Waals surface area contributed by atoms with E-state index < -0.39 is 0 Å². The predicted molar refractivity (Wildman–Crippen MR) is 85.8 cm³/mol. The van der Waals surface area contributed by atoms with E-state index in [4.69, 9.17) is 4.74 Å². The van der Waals surface area contributed by atoms with Crippen LogP contribution in [0.3, 0.4) is 0 Å². The Labute approximate surface area is 132 Å². The van der Waals surface area contributed by atoms with Crippen LogP contribution in [0.5, 0.6) is 0 Å². The molecule has 22 heavy (non-hydrogen) atoms. The smallest absolute Gasteiger partial charge is 0.223 e. The monoisotopic (exact) mass is 303 g/mol. The fourth-order valence-electron chi connectivity index (χ4n) is 3.17. The Kier molecular flexibility index (Phi) is 5.43. The molecule has 2 N–H and O–H groups in total. The van der Waals surface area contributed by atoms with Crippen molar-refractivity contribution >= 4 is 5.91 Å². The van der Waals surface area contributed by atoms with Crippen molar-refractivity contribution < 1.29 is 9.53 Å². The molecular weight excluding hydrogens is 278 g/mol. The largest absolute Gasteiger partial charge is 0.373 e. The second-order valence-electron chi connectivity index (χ2n) is 5.95. The van der Waals surface area contributed by atoms with Gasteiger partial charge in [0.05, 0.1) is 19.1 Å². The first-order valence-corrected chi connectivity index (χ1v) is 8.22. The minimum Gasteiger partial charge on any atom is -0.373 e. The van der Waals surface area contributed by atoms with Crippen LogP contribution in [0.25, 0.3) is 0 Å². The fourth-order valence-corrected chi connectivity index (χ4v) is 3.17. The van der Waals surface area contributed by atoms with Gasteiger partial charge in [-0.3, -0.25) is 9.69 Å². The molecule has 2 heterocycles. The molecule has 1 aromatic carbocycles. The first kappa shape index (κ1) is 15.5. The molecule has 1 unspecified atom stereocenters. The van der Waals surface area contributed by atoms with Crippen molar-refractivity contribution in [3.8, 4) is 0 Å². The number of hydrogen-bond donors (Lipinski definition) is 2. The minimum atomic E-state index is -0.0934. The Morgan fingerprint density at radius 2 is 2.14 bits per heavy atom. The molecule has 5 heteroatoms. The van der Waals surface area contributed by atoms with Crippen molar-refractivity contribution in [2.75, 3.05) is 45.9 Å². The number of nitrogens with zero attached hydrogens (tertiary/aromatic N) is 1. The summed E-state index contributed by atoms with van der Waals surface area (Å²) in [5, 5.41) is 6.36. The number of ether oxygens (including phenoxy) is 1. The summed E-state index contributed by atoms with van der Waals surface area (Å²) in [6.07, 6.45) is 1.26. The van der Waals surface area contributed by atoms with Gasteiger partial charge in [-0.05, 0) is 17.5 Å². The third kappa shape index (κ3) is 4.06. The van der Waals surface area contributed by atoms with Gasteiger partial charge in [0.1, 0.15) is 0 Å². The Balaban J connectivity index is 1.44. The molecule has 2 aliphatic heterocycles. The predicted octanol–water partition coefficient (Wildman–Crippen LogP) is 0.712. The van der Waals surface area contributed by atoms with Gasteiger partial charge in [-0.15, -0.1) is 0 Å². The first-order chi connectivity index (χ1) is 10.8. The van der Waals surface area contributed by atoms with E-state index in [0.717, 1.165) is 39.1 Å². The van der Waals surface area contributed by atoms with E-state index in [2.05, 4.69) is 33.7 Å². The summed E-state index contributed by atoms with van der Waals surface area (Å²) in [5.74, 6) is 0.0804. The number of carbonyl (C=O) groups is 1. The lowest BCUT2D eigenvalue weighted by molar-refractivity contribution is -0.124. The first-order valence-electron chi connectivity index (χ1n) is 8.22. The molecule has 3 rings (SSSR count). The van der Waals surface area contributed by atoms with Crippen LogP contribution in [-0.4, -0.2) is 56.7 Å². The number of carbonyl (C=O) groups excluding carboxylic acids is 1. The van der Waals surface area contributed by atoms with Crippen molar-refractivity contribution in [1.82, 2.24) is 15.5 Å². The van der Waals surface area contributed by atoms with Crippen molar-refractivity contribution in [2.24, 2.45) is 0 Å². The molecule has 0 radical (unpaired) electrons. The zero-order valence-corrected chi connectivity index (χ0v) is 13.0. The third-order valence-corrected chi connectivity index (χ3v) is 4.42. The summed E-state index contributed by atoms with van der Waals surface area (Å²) in [4.78, 5) is 14.5. The molecule has 1 aromatic rings. The lowest BCUT2D eigenvalue weighted by Crippen LogP contribution is -2.46. The normalized spacial score (nSPS) is 22.1. The molecule has 1 amide bonds. The van der Waals surface area contributed by atoms with Crippen LogP contribution in [0, 0.1) is 0 Å². The summed E-state index contributed by atoms with van der Waals surface area (Å²) in [7, 11) is 0. The minimum absolute atomic E-state index is 0.0804. The van der Waals surface area contributed by atoms with E-state index in [1.54, 1.807) is 0 Å². The summed E-state index contributed by atoms with van der Waals surface area (Å²) < 4.78 is 5.79. The van der Waals surface area contributed by atoms with E-state index in [9.17, 15) is 4.79 Å². The summed E-state index contributed by atoms with van der Waals surface area (Å²) in [6.45, 7) is 6.56. The molecule has 5 nitrogen and oxygen atoms in total. The molecule has 0 aromatic heterocycles. The Bertz CT molecular complexity index is 500. The molecule has 0 spiro atoms. The second-order valence-corrected chi connectivity index (χ2v) is 5.95. The third-order valence-electron chi connectivity index (χ3n) is 4.42. The fraction of sp³-hybridized carbons (Fsp3) is 0.588. The lowest BCUT2D eigenvalue weighted by atomic mass is 9.96. The van der Waals surface area contributed by atoms with Gasteiger partial charge in [0, 0.05) is 39.3 Å². The molecule has 120 valence electrons. The van der Waals surface area contributed by atoms with E-state index >= 15 is 0 Å². The van der Waals surface area contributed by atoms with Crippen LogP contribution in [0.4, 0.5) is 0 Å². The number of hydrogen-bond acceptors (Lipinski definition) is 4. The van der Waals surface area contributed by atoms with Crippen molar-refractivity contribution in [2.45, 2.75) is 18.9 Å². The molecule has 1 saturated heterocycles. The van der Waals surface area contributed by atoms with Gasteiger partial charge in [0.2, 0.25) is 5.91 Å². The van der Waals surface area contributed by atoms with Crippen molar-refractivity contribution in [3.63, 3.8) is 0 Å². The van der Waals surface area contributed by atoms with Crippen LogP contribution in [0.1, 0.15) is 23.7 Å².